The van der Waals surface area contributed by atoms with E-state index in [1.807, 2.05) is 13.8 Å². The predicted octanol–water partition coefficient (Wildman–Crippen LogP) is 7.38. The van der Waals surface area contributed by atoms with Crippen LogP contribution in [-0.4, -0.2) is 60.0 Å². The summed E-state index contributed by atoms with van der Waals surface area (Å²) in [6.45, 7) is 11.5. The highest BCUT2D eigenvalue weighted by atomic mass is 79.9. The lowest BCUT2D eigenvalue weighted by Gasteiger charge is -2.69. The van der Waals surface area contributed by atoms with Gasteiger partial charge in [0.05, 0.1) is 18.3 Å². The molecule has 4 rings (SSSR count). The van der Waals surface area contributed by atoms with Gasteiger partial charge in [-0.1, -0.05) is 49.2 Å². The topological polar surface area (TPSA) is 102 Å². The van der Waals surface area contributed by atoms with Crippen LogP contribution < -0.4 is 0 Å². The summed E-state index contributed by atoms with van der Waals surface area (Å²) in [5.74, 6) is -1.66. The summed E-state index contributed by atoms with van der Waals surface area (Å²) in [6, 6.07) is 0. The molecule has 0 heterocycles. The number of hydrogen-bond donors (Lipinski definition) is 2. The van der Waals surface area contributed by atoms with E-state index in [4.69, 9.17) is 14.2 Å². The second kappa shape index (κ2) is 13.2. The van der Waals surface area contributed by atoms with Crippen LogP contribution in [0.25, 0.3) is 0 Å². The van der Waals surface area contributed by atoms with Crippen LogP contribution in [-0.2, 0) is 23.8 Å². The third-order valence-electron chi connectivity index (χ3n) is 12.3. The van der Waals surface area contributed by atoms with Gasteiger partial charge >= 0.3 is 18.1 Å². The second-order valence-electron chi connectivity index (χ2n) is 14.9. The van der Waals surface area contributed by atoms with Crippen molar-refractivity contribution in [2.45, 2.75) is 124 Å². The maximum atomic E-state index is 13.7. The van der Waals surface area contributed by atoms with Crippen LogP contribution in [0, 0.1) is 39.9 Å². The SMILES string of the molecule is CC(=O)OCOC(=O)/C(CCC(Br)=C(C)C)=C1\[C@@H](OCC(F)(F)F)C[C@@]2(C)[C@H]1C[C@@H](O)C1[C@]2(C)CC[C@H]2[C@H](C)[C@H](O)CC[C@]12C. The van der Waals surface area contributed by atoms with E-state index in [0.29, 0.717) is 18.4 Å². The Bertz CT molecular complexity index is 1210. The molecule has 0 aromatic carbocycles. The van der Waals surface area contributed by atoms with Crippen LogP contribution >= 0.6 is 15.9 Å². The van der Waals surface area contributed by atoms with E-state index in [2.05, 4.69) is 43.6 Å². The molecule has 4 fully saturated rings. The quantitative estimate of drug-likeness (QED) is 0.154. The Morgan fingerprint density at radius 1 is 0.978 bits per heavy atom. The van der Waals surface area contributed by atoms with Gasteiger partial charge in [-0.3, -0.25) is 4.79 Å². The number of allylic oxidation sites excluding steroid dienone is 2. The van der Waals surface area contributed by atoms with Crippen molar-refractivity contribution in [1.82, 2.24) is 0 Å². The van der Waals surface area contributed by atoms with Crippen molar-refractivity contribution in [2.75, 3.05) is 13.4 Å². The largest absolute Gasteiger partial charge is 0.428 e. The van der Waals surface area contributed by atoms with Gasteiger partial charge in [-0.15, -0.1) is 0 Å². The first-order valence-electron chi connectivity index (χ1n) is 16.2. The van der Waals surface area contributed by atoms with Crippen LogP contribution in [0.3, 0.4) is 0 Å². The summed E-state index contributed by atoms with van der Waals surface area (Å²) in [5.41, 5.74) is 0.344. The Labute approximate surface area is 273 Å². The van der Waals surface area contributed by atoms with E-state index in [1.165, 1.54) is 6.92 Å². The van der Waals surface area contributed by atoms with Crippen LogP contribution in [0.5, 0.6) is 0 Å². The van der Waals surface area contributed by atoms with Gasteiger partial charge in [0.15, 0.2) is 0 Å². The molecule has 10 atom stereocenters. The first-order chi connectivity index (χ1) is 20.8. The highest BCUT2D eigenvalue weighted by Crippen LogP contribution is 2.74. The maximum absolute atomic E-state index is 13.7. The lowest BCUT2D eigenvalue weighted by molar-refractivity contribution is -0.235. The molecule has 0 radical (unpaired) electrons. The Kier molecular flexibility index (Phi) is 10.7. The van der Waals surface area contributed by atoms with E-state index in [0.717, 1.165) is 29.3 Å². The van der Waals surface area contributed by atoms with Crippen LogP contribution in [0.4, 0.5) is 13.2 Å². The van der Waals surface area contributed by atoms with Crippen molar-refractivity contribution in [3.8, 4) is 0 Å². The number of carbonyl (C=O) groups excluding carboxylic acids is 2. The zero-order valence-electron chi connectivity index (χ0n) is 27.6. The maximum Gasteiger partial charge on any atom is 0.411 e. The number of ether oxygens (including phenoxy) is 3. The molecule has 7 nitrogen and oxygen atoms in total. The van der Waals surface area contributed by atoms with Crippen LogP contribution in [0.15, 0.2) is 21.2 Å². The van der Waals surface area contributed by atoms with E-state index >= 15 is 0 Å². The summed E-state index contributed by atoms with van der Waals surface area (Å²) in [7, 11) is 0. The molecule has 0 saturated heterocycles. The fourth-order valence-corrected chi connectivity index (χ4v) is 10.2. The van der Waals surface area contributed by atoms with E-state index in [9.17, 15) is 33.0 Å². The third-order valence-corrected chi connectivity index (χ3v) is 13.5. The fourth-order valence-electron chi connectivity index (χ4n) is 10.0. The average Bonchev–Trinajstić information content (AvgIpc) is 3.21. The smallest absolute Gasteiger partial charge is 0.411 e. The number of fused-ring (bicyclic) bond motifs is 5. The molecule has 0 aliphatic heterocycles. The zero-order valence-corrected chi connectivity index (χ0v) is 29.1. The minimum Gasteiger partial charge on any atom is -0.428 e. The lowest BCUT2D eigenvalue weighted by atomic mass is 9.36. The van der Waals surface area contributed by atoms with Crippen LogP contribution in [0.1, 0.15) is 99.8 Å². The molecule has 4 aliphatic carbocycles. The summed E-state index contributed by atoms with van der Waals surface area (Å²) in [6.07, 6.45) is -2.61. The fraction of sp³-hybridized carbons (Fsp3) is 0.824. The third kappa shape index (κ3) is 6.79. The molecule has 0 bridgehead atoms. The van der Waals surface area contributed by atoms with Gasteiger partial charge in [-0.2, -0.15) is 13.2 Å². The lowest BCUT2D eigenvalue weighted by Crippen LogP contribution is -2.65. The molecule has 0 aromatic rings. The molecule has 1 unspecified atom stereocenters. The van der Waals surface area contributed by atoms with E-state index < -0.39 is 66.6 Å². The van der Waals surface area contributed by atoms with Gasteiger partial charge in [0.1, 0.15) is 6.61 Å². The number of halogens is 4. The number of aliphatic hydroxyl groups is 2. The van der Waals surface area contributed by atoms with Gasteiger partial charge < -0.3 is 24.4 Å². The number of alkyl halides is 3. The molecule has 11 heteroatoms. The van der Waals surface area contributed by atoms with Gasteiger partial charge in [-0.25, -0.2) is 4.79 Å². The highest BCUT2D eigenvalue weighted by molar-refractivity contribution is 9.11. The Hall–Kier alpha value is -1.43. The van der Waals surface area contributed by atoms with Gasteiger partial charge in [-0.05, 0) is 115 Å². The molecule has 0 aromatic heterocycles. The van der Waals surface area contributed by atoms with Crippen molar-refractivity contribution in [3.05, 3.63) is 21.2 Å². The Balaban J connectivity index is 1.84. The minimum absolute atomic E-state index is 0.0834. The predicted molar refractivity (Wildman–Crippen MR) is 166 cm³/mol. The van der Waals surface area contributed by atoms with E-state index in [-0.39, 0.29) is 48.0 Å². The normalized spacial score (nSPS) is 40.5. The van der Waals surface area contributed by atoms with Gasteiger partial charge in [0, 0.05) is 12.5 Å². The number of hydrogen-bond acceptors (Lipinski definition) is 7. The molecule has 0 amide bonds. The number of rotatable bonds is 8. The zero-order chi connectivity index (χ0) is 33.7. The second-order valence-corrected chi connectivity index (χ2v) is 15.9. The summed E-state index contributed by atoms with van der Waals surface area (Å²) < 4.78 is 57.6. The molecule has 0 spiro atoms. The number of esters is 2. The molecular formula is C34H50BrF3O7. The first kappa shape index (κ1) is 36.4. The van der Waals surface area contributed by atoms with Crippen molar-refractivity contribution < 1.29 is 47.2 Å². The van der Waals surface area contributed by atoms with Crippen molar-refractivity contribution >= 4 is 27.9 Å². The molecule has 256 valence electrons. The standard InChI is InChI=1S/C34H50BrF3O7/c1-18(2)24(35)9-8-21(30(42)45-17-44-20(4)39)28-23-14-26(41)29-31(5)12-11-25(40)19(3)22(31)10-13-32(29,6)33(23,7)15-27(28)43-16-34(36,37)38/h19,22-23,25-27,29,40-41H,8-17H2,1-7H3/b28-21-/t19-,22-,23-,25+,26+,27-,29?,31-,32-,33-/m0/s1. The molecule has 45 heavy (non-hydrogen) atoms. The molecule has 4 aliphatic rings. The molecule has 4 saturated carbocycles. The summed E-state index contributed by atoms with van der Waals surface area (Å²) in [5, 5.41) is 22.8. The molecule has 2 N–H and O–H groups in total. The first-order valence-corrected chi connectivity index (χ1v) is 17.0. The van der Waals surface area contributed by atoms with Gasteiger partial charge in [0.2, 0.25) is 6.79 Å². The Morgan fingerprint density at radius 3 is 2.24 bits per heavy atom. The van der Waals surface area contributed by atoms with Crippen molar-refractivity contribution in [1.29, 1.82) is 0 Å². The highest BCUT2D eigenvalue weighted by Gasteiger charge is 2.70. The average molecular weight is 708 g/mol. The van der Waals surface area contributed by atoms with Crippen molar-refractivity contribution in [2.24, 2.45) is 39.9 Å². The monoisotopic (exact) mass is 706 g/mol. The summed E-state index contributed by atoms with van der Waals surface area (Å²) >= 11 is 3.56. The van der Waals surface area contributed by atoms with Gasteiger partial charge in [0.25, 0.3) is 0 Å². The Morgan fingerprint density at radius 2 is 1.64 bits per heavy atom. The van der Waals surface area contributed by atoms with Crippen molar-refractivity contribution in [3.63, 3.8) is 0 Å². The van der Waals surface area contributed by atoms with Crippen LogP contribution in [0.2, 0.25) is 0 Å². The number of aliphatic hydroxyl groups excluding tert-OH is 2. The summed E-state index contributed by atoms with van der Waals surface area (Å²) in [4.78, 5) is 25.1. The minimum atomic E-state index is -4.57. The van der Waals surface area contributed by atoms with E-state index in [1.54, 1.807) is 0 Å². The molecular weight excluding hydrogens is 657 g/mol. The number of carbonyl (C=O) groups is 2.